The van der Waals surface area contributed by atoms with Gasteiger partial charge in [0.1, 0.15) is 18.8 Å². The maximum atomic E-state index is 14.1. The molecule has 1 unspecified atom stereocenters. The summed E-state index contributed by atoms with van der Waals surface area (Å²) in [5.41, 5.74) is -0.576. The number of quaternary nitrogens is 1. The number of carbonyl (C=O) groups is 2. The molecule has 3 aliphatic heterocycles. The van der Waals surface area contributed by atoms with Crippen LogP contribution in [-0.4, -0.2) is 59.8 Å². The highest BCUT2D eigenvalue weighted by Gasteiger charge is 2.62. The molecule has 3 heterocycles. The molecule has 4 bridgehead atoms. The van der Waals surface area contributed by atoms with Gasteiger partial charge in [-0.25, -0.2) is 4.79 Å². The fourth-order valence-electron chi connectivity index (χ4n) is 5.20. The molecule has 0 saturated carbocycles. The molecule has 2 aromatic rings. The molecule has 182 valence electrons. The van der Waals surface area contributed by atoms with Gasteiger partial charge in [-0.05, 0) is 42.0 Å². The molecule has 1 atom stereocenters. The number of aliphatic carboxylic acids is 1. The SMILES string of the molecule is O=C1c2ccc(OC(F)(F)F)c(c2)C2=CCC(C(=O)O)(C=C2)[N+]2(CCOCC2)N1c1ccccc1. The van der Waals surface area contributed by atoms with Gasteiger partial charge in [-0.1, -0.05) is 30.4 Å². The summed E-state index contributed by atoms with van der Waals surface area (Å²) in [7, 11) is 0. The molecule has 1 fully saturated rings. The summed E-state index contributed by atoms with van der Waals surface area (Å²) in [6, 6.07) is 12.5. The van der Waals surface area contributed by atoms with Gasteiger partial charge in [-0.15, -0.1) is 13.2 Å². The van der Waals surface area contributed by atoms with Gasteiger partial charge in [0.15, 0.2) is 0 Å². The van der Waals surface area contributed by atoms with Crippen LogP contribution in [0.15, 0.2) is 66.8 Å². The summed E-state index contributed by atoms with van der Waals surface area (Å²) >= 11 is 0. The number of benzene rings is 2. The highest BCUT2D eigenvalue weighted by molar-refractivity contribution is 6.06. The van der Waals surface area contributed by atoms with Crippen LogP contribution in [-0.2, 0) is 9.53 Å². The second-order valence-electron chi connectivity index (χ2n) is 8.62. The van der Waals surface area contributed by atoms with E-state index < -0.39 is 29.5 Å². The summed E-state index contributed by atoms with van der Waals surface area (Å²) in [6.07, 6.45) is -0.367. The van der Waals surface area contributed by atoms with Crippen LogP contribution in [0.5, 0.6) is 5.75 Å². The number of ether oxygens (including phenoxy) is 2. The number of carboxylic acid groups (broad SMARTS) is 1. The molecule has 1 aliphatic carbocycles. The van der Waals surface area contributed by atoms with Crippen molar-refractivity contribution in [3.8, 4) is 5.75 Å². The lowest BCUT2D eigenvalue weighted by Crippen LogP contribution is -2.78. The normalized spacial score (nSPS) is 23.2. The number of carbonyl (C=O) groups excluding carboxylic acids is 1. The summed E-state index contributed by atoms with van der Waals surface area (Å²) < 4.78 is 48.8. The molecular formula is C25H22F3N2O5+. The van der Waals surface area contributed by atoms with Crippen LogP contribution in [0.3, 0.4) is 0 Å². The number of fused-ring (bicyclic) bond motifs is 2. The number of amides is 1. The van der Waals surface area contributed by atoms with Crippen LogP contribution >= 0.6 is 0 Å². The first-order valence-corrected chi connectivity index (χ1v) is 11.0. The zero-order valence-electron chi connectivity index (χ0n) is 18.5. The third kappa shape index (κ3) is 3.69. The van der Waals surface area contributed by atoms with Gasteiger partial charge in [0.25, 0.3) is 0 Å². The zero-order valence-corrected chi connectivity index (χ0v) is 18.5. The number of halogens is 3. The summed E-state index contributed by atoms with van der Waals surface area (Å²) in [5, 5.41) is 12.0. The third-order valence-electron chi connectivity index (χ3n) is 6.84. The topological polar surface area (TPSA) is 76.1 Å². The van der Waals surface area contributed by atoms with E-state index in [9.17, 15) is 27.9 Å². The Morgan fingerprint density at radius 1 is 1.11 bits per heavy atom. The summed E-state index contributed by atoms with van der Waals surface area (Å²) in [6.45, 7) is 0.893. The average Bonchev–Trinajstić information content (AvgIpc) is 2.84. The van der Waals surface area contributed by atoms with E-state index in [4.69, 9.17) is 4.74 Å². The van der Waals surface area contributed by atoms with E-state index in [0.29, 0.717) is 11.3 Å². The number of hydrogen-bond donors (Lipinski definition) is 1. The molecule has 4 aliphatic rings. The average molecular weight is 487 g/mol. The lowest BCUT2D eigenvalue weighted by Gasteiger charge is -2.55. The van der Waals surface area contributed by atoms with Gasteiger partial charge < -0.3 is 14.6 Å². The van der Waals surface area contributed by atoms with Crippen molar-refractivity contribution in [2.75, 3.05) is 31.3 Å². The molecule has 1 saturated heterocycles. The molecule has 6 rings (SSSR count). The van der Waals surface area contributed by atoms with Gasteiger partial charge in [0.2, 0.25) is 5.54 Å². The van der Waals surface area contributed by atoms with Crippen LogP contribution in [0, 0.1) is 0 Å². The van der Waals surface area contributed by atoms with Crippen LogP contribution in [0.1, 0.15) is 22.3 Å². The summed E-state index contributed by atoms with van der Waals surface area (Å²) in [4.78, 5) is 27.1. The third-order valence-corrected chi connectivity index (χ3v) is 6.84. The Balaban J connectivity index is 1.80. The van der Waals surface area contributed by atoms with Crippen molar-refractivity contribution in [1.29, 1.82) is 0 Å². The Labute approximate surface area is 198 Å². The van der Waals surface area contributed by atoms with Gasteiger partial charge >= 0.3 is 18.2 Å². The smallest absolute Gasteiger partial charge is 0.476 e. The predicted molar refractivity (Wildman–Crippen MR) is 119 cm³/mol. The van der Waals surface area contributed by atoms with E-state index in [-0.39, 0.29) is 48.4 Å². The van der Waals surface area contributed by atoms with E-state index in [1.54, 1.807) is 36.4 Å². The Morgan fingerprint density at radius 2 is 1.83 bits per heavy atom. The first kappa shape index (κ1) is 23.1. The monoisotopic (exact) mass is 487 g/mol. The van der Waals surface area contributed by atoms with Crippen molar-refractivity contribution in [2.45, 2.75) is 18.3 Å². The number of carboxylic acids is 1. The number of morpholine rings is 1. The molecule has 2 aromatic carbocycles. The van der Waals surface area contributed by atoms with Crippen molar-refractivity contribution in [2.24, 2.45) is 0 Å². The maximum absolute atomic E-state index is 14.1. The van der Waals surface area contributed by atoms with E-state index in [1.807, 2.05) is 0 Å². The van der Waals surface area contributed by atoms with Crippen molar-refractivity contribution in [1.82, 2.24) is 0 Å². The fourth-order valence-corrected chi connectivity index (χ4v) is 5.20. The molecular weight excluding hydrogens is 465 g/mol. The van der Waals surface area contributed by atoms with Crippen molar-refractivity contribution >= 4 is 23.1 Å². The molecule has 0 radical (unpaired) electrons. The maximum Gasteiger partial charge on any atom is 0.573 e. The van der Waals surface area contributed by atoms with Crippen molar-refractivity contribution < 1.29 is 41.9 Å². The Kier molecular flexibility index (Phi) is 5.45. The minimum Gasteiger partial charge on any atom is -0.476 e. The van der Waals surface area contributed by atoms with Gasteiger partial charge in [0.05, 0.1) is 18.9 Å². The van der Waals surface area contributed by atoms with E-state index in [2.05, 4.69) is 4.74 Å². The highest BCUT2D eigenvalue weighted by Crippen LogP contribution is 2.45. The second-order valence-corrected chi connectivity index (χ2v) is 8.62. The quantitative estimate of drug-likeness (QED) is 0.658. The number of alkyl halides is 3. The lowest BCUT2D eigenvalue weighted by molar-refractivity contribution is -0.968. The van der Waals surface area contributed by atoms with Gasteiger partial charge in [-0.2, -0.15) is 9.60 Å². The Morgan fingerprint density at radius 3 is 2.43 bits per heavy atom. The minimum atomic E-state index is -4.93. The van der Waals surface area contributed by atoms with E-state index in [1.165, 1.54) is 29.3 Å². The molecule has 1 spiro atoms. The molecule has 7 nitrogen and oxygen atoms in total. The number of allylic oxidation sites excluding steroid dienone is 2. The number of nitrogens with zero attached hydrogens (tertiary/aromatic N) is 2. The number of hydrogen-bond acceptors (Lipinski definition) is 4. The Bertz CT molecular complexity index is 1240. The number of rotatable bonds is 3. The molecule has 0 aromatic heterocycles. The van der Waals surface area contributed by atoms with Crippen LogP contribution in [0.2, 0.25) is 0 Å². The lowest BCUT2D eigenvalue weighted by atomic mass is 9.82. The van der Waals surface area contributed by atoms with E-state index in [0.717, 1.165) is 6.07 Å². The van der Waals surface area contributed by atoms with Crippen molar-refractivity contribution in [3.63, 3.8) is 0 Å². The van der Waals surface area contributed by atoms with Crippen molar-refractivity contribution in [3.05, 3.63) is 77.9 Å². The zero-order chi connectivity index (χ0) is 24.8. The molecule has 35 heavy (non-hydrogen) atoms. The number of para-hydroxylation sites is 1. The summed E-state index contributed by atoms with van der Waals surface area (Å²) in [5.74, 6) is -2.13. The molecule has 1 N–H and O–H groups in total. The standard InChI is InChI=1S/C25H21F3N2O5/c26-25(27,28)35-21-7-6-18-16-20(21)17-8-10-24(11-9-17,23(32)33)30(12-14-34-15-13-30)29(22(18)31)19-4-2-1-3-5-19/h1-10,16H,11-15H2/p+1. The molecule has 1 amide bonds. The predicted octanol–water partition coefficient (Wildman–Crippen LogP) is 4.17. The molecule has 10 heteroatoms. The van der Waals surface area contributed by atoms with Crippen LogP contribution < -0.4 is 9.75 Å². The Hall–Kier alpha value is -3.63. The van der Waals surface area contributed by atoms with E-state index >= 15 is 0 Å². The van der Waals surface area contributed by atoms with Crippen LogP contribution in [0.25, 0.3) is 5.57 Å². The van der Waals surface area contributed by atoms with Gasteiger partial charge in [0, 0.05) is 17.5 Å². The minimum absolute atomic E-state index is 0.0412. The fraction of sp³-hybridized carbons (Fsp3) is 0.280. The first-order chi connectivity index (χ1) is 16.7. The second kappa shape index (κ2) is 8.24. The highest BCUT2D eigenvalue weighted by atomic mass is 19.4. The first-order valence-electron chi connectivity index (χ1n) is 11.0. The van der Waals surface area contributed by atoms with Crippen LogP contribution in [0.4, 0.5) is 18.9 Å². The largest absolute Gasteiger partial charge is 0.573 e. The van der Waals surface area contributed by atoms with Gasteiger partial charge in [-0.3, -0.25) is 4.79 Å². The number of anilines is 1.